The van der Waals surface area contributed by atoms with E-state index in [2.05, 4.69) is 21.2 Å². The van der Waals surface area contributed by atoms with Crippen LogP contribution in [0.25, 0.3) is 0 Å². The Kier molecular flexibility index (Phi) is 1.66. The minimum absolute atomic E-state index is 0.0845. The van der Waals surface area contributed by atoms with Crippen LogP contribution in [0.3, 0.4) is 0 Å². The molecule has 0 aromatic carbocycles. The fourth-order valence-electron chi connectivity index (χ4n) is 0.560. The molecule has 0 fully saturated rings. The third kappa shape index (κ3) is 1.18. The Hall–Kier alpha value is -0.640. The van der Waals surface area contributed by atoms with Crippen LogP contribution in [-0.4, -0.2) is 11.7 Å². The van der Waals surface area contributed by atoms with E-state index in [9.17, 15) is 0 Å². The quantitative estimate of drug-likeness (QED) is 0.524. The van der Waals surface area contributed by atoms with Crippen LogP contribution >= 0.6 is 15.9 Å². The van der Waals surface area contributed by atoms with Crippen molar-refractivity contribution in [3.63, 3.8) is 0 Å². The molecule has 4 N–H and O–H groups in total. The van der Waals surface area contributed by atoms with Crippen molar-refractivity contribution < 1.29 is 5.11 Å². The number of nitrogens with two attached hydrogens (primary N) is 1. The summed E-state index contributed by atoms with van der Waals surface area (Å²) in [4.78, 5) is 0. The lowest BCUT2D eigenvalue weighted by Crippen LogP contribution is -2.25. The lowest BCUT2D eigenvalue weighted by Gasteiger charge is -2.11. The molecule has 0 radical (unpaired) electrons. The van der Waals surface area contributed by atoms with Gasteiger partial charge in [0.2, 0.25) is 0 Å². The molecule has 9 heavy (non-hydrogen) atoms. The van der Waals surface area contributed by atoms with Gasteiger partial charge in [-0.1, -0.05) is 0 Å². The predicted octanol–water partition coefficient (Wildman–Crippen LogP) is 0.554. The van der Waals surface area contributed by atoms with E-state index >= 15 is 0 Å². The zero-order valence-electron chi connectivity index (χ0n) is 4.69. The Morgan fingerprint density at radius 3 is 2.89 bits per heavy atom. The van der Waals surface area contributed by atoms with Gasteiger partial charge in [0, 0.05) is 6.54 Å². The van der Waals surface area contributed by atoms with Gasteiger partial charge in [0.25, 0.3) is 0 Å². The molecule has 0 aliphatic carbocycles. The molecule has 0 atom stereocenters. The second-order valence-electron chi connectivity index (χ2n) is 1.70. The molecule has 3 nitrogen and oxygen atoms in total. The molecule has 4 heteroatoms. The molecular weight excluding hydrogens is 184 g/mol. The smallest absolute Gasteiger partial charge is 0.169 e. The first-order valence-electron chi connectivity index (χ1n) is 2.50. The Morgan fingerprint density at radius 2 is 2.44 bits per heavy atom. The van der Waals surface area contributed by atoms with Gasteiger partial charge < -0.3 is 16.2 Å². The van der Waals surface area contributed by atoms with Crippen molar-refractivity contribution >= 4 is 15.9 Å². The zero-order valence-corrected chi connectivity index (χ0v) is 6.27. The summed E-state index contributed by atoms with van der Waals surface area (Å²) in [7, 11) is 0. The van der Waals surface area contributed by atoms with Crippen LogP contribution in [0.5, 0.6) is 0 Å². The minimum atomic E-state index is 0.0845. The number of dihydropyridines is 1. The van der Waals surface area contributed by atoms with Crippen LogP contribution in [0.1, 0.15) is 0 Å². The molecule has 0 aromatic heterocycles. The van der Waals surface area contributed by atoms with Crippen molar-refractivity contribution in [2.24, 2.45) is 5.73 Å². The van der Waals surface area contributed by atoms with Gasteiger partial charge in [-0.3, -0.25) is 0 Å². The van der Waals surface area contributed by atoms with Gasteiger partial charge in [-0.05, 0) is 22.0 Å². The monoisotopic (exact) mass is 190 g/mol. The van der Waals surface area contributed by atoms with E-state index < -0.39 is 0 Å². The number of rotatable bonds is 0. The predicted molar refractivity (Wildman–Crippen MR) is 38.9 cm³/mol. The molecule has 0 unspecified atom stereocenters. The summed E-state index contributed by atoms with van der Waals surface area (Å²) in [6.45, 7) is 0.663. The van der Waals surface area contributed by atoms with Crippen LogP contribution < -0.4 is 11.1 Å². The Labute approximate surface area is 61.4 Å². The van der Waals surface area contributed by atoms with E-state index in [4.69, 9.17) is 10.8 Å². The highest BCUT2D eigenvalue weighted by molar-refractivity contribution is 9.11. The molecule has 1 rings (SSSR count). The van der Waals surface area contributed by atoms with E-state index in [-0.39, 0.29) is 5.76 Å². The fraction of sp³-hybridized carbons (Fsp3) is 0.200. The van der Waals surface area contributed by atoms with Crippen molar-refractivity contribution in [2.45, 2.75) is 0 Å². The van der Waals surface area contributed by atoms with Crippen molar-refractivity contribution in [1.29, 1.82) is 0 Å². The number of aliphatic hydroxyl groups is 1. The van der Waals surface area contributed by atoms with Gasteiger partial charge >= 0.3 is 0 Å². The normalized spacial score (nSPS) is 19.0. The van der Waals surface area contributed by atoms with Crippen LogP contribution in [0.15, 0.2) is 22.1 Å². The maximum atomic E-state index is 9.02. The summed E-state index contributed by atoms with van der Waals surface area (Å²) in [5, 5.41) is 11.8. The van der Waals surface area contributed by atoms with Crippen molar-refractivity contribution in [3.8, 4) is 0 Å². The van der Waals surface area contributed by atoms with Gasteiger partial charge in [-0.25, -0.2) is 0 Å². The van der Waals surface area contributed by atoms with Crippen LogP contribution in [0.4, 0.5) is 0 Å². The molecular formula is C5H7BrN2O. The van der Waals surface area contributed by atoms with Crippen molar-refractivity contribution in [2.75, 3.05) is 6.54 Å². The Bertz CT molecular complexity index is 185. The Balaban J connectivity index is 2.88. The summed E-state index contributed by atoms with van der Waals surface area (Å²) >= 11 is 3.13. The number of hydrogen-bond acceptors (Lipinski definition) is 3. The summed E-state index contributed by atoms with van der Waals surface area (Å²) < 4.78 is 0.652. The van der Waals surface area contributed by atoms with Gasteiger partial charge in [0.05, 0.1) is 4.48 Å². The summed E-state index contributed by atoms with van der Waals surface area (Å²) in [5.74, 6) is 0.408. The SMILES string of the molecule is NC1=C(O)C(Br)=CCN1. The topological polar surface area (TPSA) is 58.3 Å². The van der Waals surface area contributed by atoms with Gasteiger partial charge in [-0.2, -0.15) is 0 Å². The van der Waals surface area contributed by atoms with Crippen molar-refractivity contribution in [1.82, 2.24) is 5.32 Å². The third-order valence-corrected chi connectivity index (χ3v) is 1.75. The van der Waals surface area contributed by atoms with E-state index in [0.717, 1.165) is 0 Å². The number of nitrogens with one attached hydrogen (secondary N) is 1. The molecule has 0 aromatic rings. The average molecular weight is 191 g/mol. The molecule has 0 saturated carbocycles. The lowest BCUT2D eigenvalue weighted by atomic mass is 10.3. The van der Waals surface area contributed by atoms with Gasteiger partial charge in [0.1, 0.15) is 5.82 Å². The van der Waals surface area contributed by atoms with Crippen LogP contribution in [-0.2, 0) is 0 Å². The maximum Gasteiger partial charge on any atom is 0.169 e. The molecule has 0 spiro atoms. The molecule has 1 heterocycles. The first-order valence-corrected chi connectivity index (χ1v) is 3.29. The molecule has 50 valence electrons. The summed E-state index contributed by atoms with van der Waals surface area (Å²) in [6, 6.07) is 0. The van der Waals surface area contributed by atoms with Crippen molar-refractivity contribution in [3.05, 3.63) is 22.1 Å². The van der Waals surface area contributed by atoms with E-state index in [1.54, 1.807) is 6.08 Å². The number of aliphatic hydroxyl groups excluding tert-OH is 1. The van der Waals surface area contributed by atoms with Crippen LogP contribution in [0, 0.1) is 0 Å². The lowest BCUT2D eigenvalue weighted by molar-refractivity contribution is 0.413. The first-order chi connectivity index (χ1) is 4.22. The fourth-order valence-corrected chi connectivity index (χ4v) is 0.935. The minimum Gasteiger partial charge on any atom is -0.504 e. The van der Waals surface area contributed by atoms with Crippen LogP contribution in [0.2, 0.25) is 0 Å². The van der Waals surface area contributed by atoms with Gasteiger partial charge in [0.15, 0.2) is 5.76 Å². The maximum absolute atomic E-state index is 9.02. The van der Waals surface area contributed by atoms with Gasteiger partial charge in [-0.15, -0.1) is 0 Å². The summed E-state index contributed by atoms with van der Waals surface area (Å²) in [5.41, 5.74) is 5.32. The first kappa shape index (κ1) is 6.48. The van der Waals surface area contributed by atoms with E-state index in [0.29, 0.717) is 16.8 Å². The third-order valence-electron chi connectivity index (χ3n) is 1.06. The largest absolute Gasteiger partial charge is 0.504 e. The highest BCUT2D eigenvalue weighted by Gasteiger charge is 2.07. The molecule has 0 saturated heterocycles. The van der Waals surface area contributed by atoms with E-state index in [1.807, 2.05) is 0 Å². The second-order valence-corrected chi connectivity index (χ2v) is 2.55. The standard InChI is InChI=1S/C5H7BrN2O/c6-3-1-2-8-5(7)4(3)9/h1,8-9H,2,7H2. The zero-order chi connectivity index (χ0) is 6.85. The van der Waals surface area contributed by atoms with E-state index in [1.165, 1.54) is 0 Å². The highest BCUT2D eigenvalue weighted by Crippen LogP contribution is 2.17. The highest BCUT2D eigenvalue weighted by atomic mass is 79.9. The molecule has 0 amide bonds. The summed E-state index contributed by atoms with van der Waals surface area (Å²) in [6.07, 6.45) is 1.80. The Morgan fingerprint density at radius 1 is 1.78 bits per heavy atom. The average Bonchev–Trinajstić information content (AvgIpc) is 1.83. The second kappa shape index (κ2) is 2.31. The number of hydrogen-bond donors (Lipinski definition) is 3. The molecule has 0 bridgehead atoms. The molecule has 1 aliphatic rings. The number of halogens is 1. The number of allylic oxidation sites excluding steroid dienone is 1. The molecule has 1 aliphatic heterocycles.